The fourth-order valence-corrected chi connectivity index (χ4v) is 3.33. The van der Waals surface area contributed by atoms with Crippen molar-refractivity contribution in [1.82, 2.24) is 0 Å². The molecular weight excluding hydrogens is 413 g/mol. The van der Waals surface area contributed by atoms with Gasteiger partial charge in [0.25, 0.3) is 0 Å². The van der Waals surface area contributed by atoms with Gasteiger partial charge < -0.3 is 19.5 Å². The molecule has 2 atom stereocenters. The van der Waals surface area contributed by atoms with Crippen LogP contribution in [0.15, 0.2) is 48.5 Å². The van der Waals surface area contributed by atoms with Crippen molar-refractivity contribution in [3.63, 3.8) is 0 Å². The summed E-state index contributed by atoms with van der Waals surface area (Å²) in [5, 5.41) is 9.01. The van der Waals surface area contributed by atoms with Gasteiger partial charge in [-0.05, 0) is 48.5 Å². The number of ether oxygens (including phenoxy) is 2. The van der Waals surface area contributed by atoms with Crippen LogP contribution in [-0.2, 0) is 10.9 Å². The average molecular weight is 431 g/mol. The molecule has 0 saturated carbocycles. The molecule has 30 heavy (non-hydrogen) atoms. The Morgan fingerprint density at radius 2 is 1.73 bits per heavy atom. The quantitative estimate of drug-likeness (QED) is 0.646. The van der Waals surface area contributed by atoms with Gasteiger partial charge in [0, 0.05) is 12.1 Å². The Morgan fingerprint density at radius 1 is 1.10 bits per heavy atom. The summed E-state index contributed by atoms with van der Waals surface area (Å²) in [5.74, 6) is -0.867. The second kappa shape index (κ2) is 8.86. The Labute approximate surface area is 168 Å². The van der Waals surface area contributed by atoms with E-state index in [1.165, 1.54) is 24.3 Å². The molecule has 162 valence electrons. The molecule has 0 aliphatic carbocycles. The van der Waals surface area contributed by atoms with Crippen LogP contribution in [0.4, 0.5) is 27.6 Å². The topological polar surface area (TPSA) is 59.0 Å². The lowest BCUT2D eigenvalue weighted by Gasteiger charge is -2.26. The number of aromatic carboxylic acids is 1. The van der Waals surface area contributed by atoms with Crippen LogP contribution in [0.3, 0.4) is 0 Å². The van der Waals surface area contributed by atoms with E-state index >= 15 is 0 Å². The Balaban J connectivity index is 1.73. The summed E-state index contributed by atoms with van der Waals surface area (Å²) >= 11 is 0. The van der Waals surface area contributed by atoms with Gasteiger partial charge in [0.05, 0.1) is 30.3 Å². The van der Waals surface area contributed by atoms with E-state index in [1.807, 2.05) is 0 Å². The lowest BCUT2D eigenvalue weighted by molar-refractivity contribution is -0.137. The zero-order valence-electron chi connectivity index (χ0n) is 15.5. The number of nitrogens with zero attached hydrogens (tertiary/aromatic N) is 1. The molecule has 0 bridgehead atoms. The number of anilines is 1. The smallest absolute Gasteiger partial charge is 0.416 e. The zero-order valence-corrected chi connectivity index (χ0v) is 15.5. The van der Waals surface area contributed by atoms with E-state index in [0.717, 1.165) is 12.1 Å². The van der Waals surface area contributed by atoms with Gasteiger partial charge in [-0.3, -0.25) is 0 Å². The van der Waals surface area contributed by atoms with Gasteiger partial charge >= 0.3 is 18.8 Å². The lowest BCUT2D eigenvalue weighted by atomic mass is 10.1. The van der Waals surface area contributed by atoms with E-state index < -0.39 is 36.5 Å². The van der Waals surface area contributed by atoms with Gasteiger partial charge in [0.15, 0.2) is 0 Å². The van der Waals surface area contributed by atoms with Gasteiger partial charge in [0.1, 0.15) is 11.9 Å². The van der Waals surface area contributed by atoms with E-state index in [4.69, 9.17) is 9.84 Å². The molecule has 0 radical (unpaired) electrons. The number of hydrogen-bond acceptors (Lipinski definition) is 4. The number of carbonyl (C=O) groups is 1. The molecule has 1 aliphatic heterocycles. The Morgan fingerprint density at radius 3 is 2.27 bits per heavy atom. The molecule has 0 spiro atoms. The third-order valence-corrected chi connectivity index (χ3v) is 4.72. The first-order valence-corrected chi connectivity index (χ1v) is 8.97. The maximum atomic E-state index is 12.7. The Hall–Kier alpha value is -2.88. The second-order valence-electron chi connectivity index (χ2n) is 6.75. The van der Waals surface area contributed by atoms with Gasteiger partial charge in [-0.2, -0.15) is 22.0 Å². The first-order chi connectivity index (χ1) is 14.1. The third kappa shape index (κ3) is 5.38. The monoisotopic (exact) mass is 431 g/mol. The fraction of sp³-hybridized carbons (Fsp3) is 0.350. The number of benzene rings is 2. The number of rotatable bonds is 7. The summed E-state index contributed by atoms with van der Waals surface area (Å²) in [6.07, 6.45) is -4.64. The molecule has 10 heteroatoms. The van der Waals surface area contributed by atoms with Crippen molar-refractivity contribution >= 4 is 11.7 Å². The summed E-state index contributed by atoms with van der Waals surface area (Å²) in [6, 6.07) is 9.65. The van der Waals surface area contributed by atoms with E-state index in [0.29, 0.717) is 12.1 Å². The number of alkyl halides is 5. The lowest BCUT2D eigenvalue weighted by Crippen LogP contribution is -2.34. The minimum atomic E-state index is -4.46. The highest BCUT2D eigenvalue weighted by Crippen LogP contribution is 2.32. The number of carboxylic acid groups (broad SMARTS) is 1. The van der Waals surface area contributed by atoms with Crippen molar-refractivity contribution in [2.75, 3.05) is 18.1 Å². The molecule has 5 nitrogen and oxygen atoms in total. The highest BCUT2D eigenvalue weighted by Gasteiger charge is 2.35. The van der Waals surface area contributed by atoms with Crippen molar-refractivity contribution < 1.29 is 41.3 Å². The van der Waals surface area contributed by atoms with Crippen LogP contribution < -0.4 is 9.64 Å². The first-order valence-electron chi connectivity index (χ1n) is 8.97. The molecule has 3 rings (SSSR count). The normalized spacial score (nSPS) is 19.3. The Bertz CT molecular complexity index is 855. The van der Waals surface area contributed by atoms with Crippen molar-refractivity contribution in [1.29, 1.82) is 0 Å². The standard InChI is InChI=1S/C20H18F5NO4/c21-19(22)29-11-15-9-17(30-16-7-3-13(4-8-16)20(23,24)25)10-26(15)14-5-1-12(2-6-14)18(27)28/h1-8,15,17,19H,9-11H2,(H,27,28)/t15-,17-/m1/s1. The Kier molecular flexibility index (Phi) is 6.45. The van der Waals surface area contributed by atoms with E-state index in [9.17, 15) is 26.7 Å². The summed E-state index contributed by atoms with van der Waals surface area (Å²) < 4.78 is 73.3. The number of hydrogen-bond donors (Lipinski definition) is 1. The molecule has 2 aromatic carbocycles. The van der Waals surface area contributed by atoms with Gasteiger partial charge in [-0.1, -0.05) is 0 Å². The third-order valence-electron chi connectivity index (χ3n) is 4.72. The van der Waals surface area contributed by atoms with Crippen molar-refractivity contribution in [2.24, 2.45) is 0 Å². The predicted octanol–water partition coefficient (Wildman–Crippen LogP) is 4.67. The maximum absolute atomic E-state index is 12.7. The van der Waals surface area contributed by atoms with Gasteiger partial charge in [-0.25, -0.2) is 4.79 Å². The molecule has 0 aromatic heterocycles. The van der Waals surface area contributed by atoms with Crippen LogP contribution >= 0.6 is 0 Å². The van der Waals surface area contributed by atoms with Crippen LogP contribution in [0.5, 0.6) is 5.75 Å². The van der Waals surface area contributed by atoms with Gasteiger partial charge in [0.2, 0.25) is 0 Å². The zero-order chi connectivity index (χ0) is 21.9. The molecule has 1 N–H and O–H groups in total. The number of halogens is 5. The summed E-state index contributed by atoms with van der Waals surface area (Å²) in [6.45, 7) is -2.97. The van der Waals surface area contributed by atoms with E-state index in [2.05, 4.69) is 4.74 Å². The molecule has 0 unspecified atom stereocenters. The fourth-order valence-electron chi connectivity index (χ4n) is 3.33. The van der Waals surface area contributed by atoms with Crippen LogP contribution in [-0.4, -0.2) is 43.0 Å². The summed E-state index contributed by atoms with van der Waals surface area (Å²) in [5.41, 5.74) is -0.123. The van der Waals surface area contributed by atoms with Crippen LogP contribution in [0.25, 0.3) is 0 Å². The highest BCUT2D eigenvalue weighted by molar-refractivity contribution is 5.88. The second-order valence-corrected chi connectivity index (χ2v) is 6.75. The van der Waals surface area contributed by atoms with Crippen LogP contribution in [0.1, 0.15) is 22.3 Å². The van der Waals surface area contributed by atoms with Crippen molar-refractivity contribution in [3.8, 4) is 5.75 Å². The molecule has 1 aliphatic rings. The van der Waals surface area contributed by atoms with Gasteiger partial charge in [-0.15, -0.1) is 0 Å². The summed E-state index contributed by atoms with van der Waals surface area (Å²) in [4.78, 5) is 12.8. The minimum Gasteiger partial charge on any atom is -0.489 e. The molecule has 2 aromatic rings. The molecule has 1 heterocycles. The largest absolute Gasteiger partial charge is 0.489 e. The molecule has 0 amide bonds. The number of carboxylic acids is 1. The SMILES string of the molecule is O=C(O)c1ccc(N2C[C@H](Oc3ccc(C(F)(F)F)cc3)C[C@@H]2COC(F)F)cc1. The molecular formula is C20H18F5NO4. The predicted molar refractivity (Wildman–Crippen MR) is 97.0 cm³/mol. The first kappa shape index (κ1) is 21.8. The maximum Gasteiger partial charge on any atom is 0.416 e. The van der Waals surface area contributed by atoms with Crippen LogP contribution in [0.2, 0.25) is 0 Å². The average Bonchev–Trinajstić information content (AvgIpc) is 3.08. The minimum absolute atomic E-state index is 0.0795. The van der Waals surface area contributed by atoms with E-state index in [-0.39, 0.29) is 24.5 Å². The molecule has 1 fully saturated rings. The highest BCUT2D eigenvalue weighted by atomic mass is 19.4. The van der Waals surface area contributed by atoms with Crippen molar-refractivity contribution in [2.45, 2.75) is 31.4 Å². The molecule has 1 saturated heterocycles. The summed E-state index contributed by atoms with van der Waals surface area (Å²) in [7, 11) is 0. The van der Waals surface area contributed by atoms with Crippen molar-refractivity contribution in [3.05, 3.63) is 59.7 Å². The van der Waals surface area contributed by atoms with E-state index in [1.54, 1.807) is 17.0 Å². The van der Waals surface area contributed by atoms with Crippen LogP contribution in [0, 0.1) is 0 Å².